The highest BCUT2D eigenvalue weighted by molar-refractivity contribution is 7.19. The van der Waals surface area contributed by atoms with E-state index >= 15 is 0 Å². The molecule has 84 valence electrons. The summed E-state index contributed by atoms with van der Waals surface area (Å²) in [6.45, 7) is 0. The standard InChI is InChI=1S/C12H11F2NS/c13-12(14)6-11(15,7-12)10-5-8-3-1-2-4-9(8)16-10/h1-5H,6-7,15H2. The third-order valence-corrected chi connectivity index (χ3v) is 4.40. The van der Waals surface area contributed by atoms with Crippen LogP contribution in [0.15, 0.2) is 30.3 Å². The van der Waals surface area contributed by atoms with Crippen LogP contribution >= 0.6 is 11.3 Å². The molecule has 1 nitrogen and oxygen atoms in total. The minimum atomic E-state index is -2.58. The Morgan fingerprint density at radius 1 is 1.19 bits per heavy atom. The van der Waals surface area contributed by atoms with Crippen LogP contribution in [0.25, 0.3) is 10.1 Å². The summed E-state index contributed by atoms with van der Waals surface area (Å²) in [5.41, 5.74) is 5.18. The number of halogens is 2. The first-order valence-electron chi connectivity index (χ1n) is 5.14. The molecule has 1 aliphatic carbocycles. The molecule has 16 heavy (non-hydrogen) atoms. The molecule has 0 radical (unpaired) electrons. The lowest BCUT2D eigenvalue weighted by Gasteiger charge is -2.43. The zero-order valence-electron chi connectivity index (χ0n) is 8.54. The molecule has 3 rings (SSSR count). The molecule has 2 N–H and O–H groups in total. The predicted molar refractivity (Wildman–Crippen MR) is 61.9 cm³/mol. The number of alkyl halides is 2. The average molecular weight is 239 g/mol. The summed E-state index contributed by atoms with van der Waals surface area (Å²) in [5.74, 6) is -2.58. The van der Waals surface area contributed by atoms with Crippen molar-refractivity contribution in [3.8, 4) is 0 Å². The molecule has 1 aliphatic rings. The number of hydrogen-bond donors (Lipinski definition) is 1. The highest BCUT2D eigenvalue weighted by Gasteiger charge is 2.55. The van der Waals surface area contributed by atoms with Crippen molar-refractivity contribution in [3.05, 3.63) is 35.2 Å². The molecule has 1 aromatic heterocycles. The van der Waals surface area contributed by atoms with Crippen molar-refractivity contribution in [2.75, 3.05) is 0 Å². The maximum atomic E-state index is 12.9. The predicted octanol–water partition coefficient (Wildman–Crippen LogP) is 3.48. The molecule has 0 saturated heterocycles. The smallest absolute Gasteiger partial charge is 0.252 e. The number of thiophene rings is 1. The fourth-order valence-corrected chi connectivity index (χ4v) is 3.43. The first-order chi connectivity index (χ1) is 7.49. The SMILES string of the molecule is NC1(c2cc3ccccc3s2)CC(F)(F)C1. The van der Waals surface area contributed by atoms with Crippen LogP contribution in [-0.4, -0.2) is 5.92 Å². The number of fused-ring (bicyclic) bond motifs is 1. The third kappa shape index (κ3) is 1.44. The first-order valence-corrected chi connectivity index (χ1v) is 5.96. The minimum absolute atomic E-state index is 0.229. The first kappa shape index (κ1) is 10.2. The molecule has 4 heteroatoms. The van der Waals surface area contributed by atoms with Crippen LogP contribution in [0.4, 0.5) is 8.78 Å². The summed E-state index contributed by atoms with van der Waals surface area (Å²) >= 11 is 1.52. The highest BCUT2D eigenvalue weighted by Crippen LogP contribution is 2.52. The van der Waals surface area contributed by atoms with Gasteiger partial charge < -0.3 is 5.73 Å². The number of hydrogen-bond acceptors (Lipinski definition) is 2. The van der Waals surface area contributed by atoms with E-state index in [2.05, 4.69) is 0 Å². The second kappa shape index (κ2) is 3.02. The van der Waals surface area contributed by atoms with Crippen molar-refractivity contribution < 1.29 is 8.78 Å². The van der Waals surface area contributed by atoms with E-state index in [1.165, 1.54) is 11.3 Å². The topological polar surface area (TPSA) is 26.0 Å². The molecular weight excluding hydrogens is 228 g/mol. The maximum Gasteiger partial charge on any atom is 0.252 e. The van der Waals surface area contributed by atoms with Crippen molar-refractivity contribution >= 4 is 21.4 Å². The molecular formula is C12H11F2NS. The fraction of sp³-hybridized carbons (Fsp3) is 0.333. The largest absolute Gasteiger partial charge is 0.320 e. The zero-order valence-corrected chi connectivity index (χ0v) is 9.36. The maximum absolute atomic E-state index is 12.9. The van der Waals surface area contributed by atoms with Crippen molar-refractivity contribution in [2.45, 2.75) is 24.3 Å². The van der Waals surface area contributed by atoms with Crippen LogP contribution in [0.3, 0.4) is 0 Å². The van der Waals surface area contributed by atoms with Crippen LogP contribution < -0.4 is 5.73 Å². The normalized spacial score (nSPS) is 21.9. The molecule has 1 saturated carbocycles. The third-order valence-electron chi connectivity index (χ3n) is 3.06. The molecule has 0 bridgehead atoms. The molecule has 1 heterocycles. The van der Waals surface area contributed by atoms with Gasteiger partial charge >= 0.3 is 0 Å². The van der Waals surface area contributed by atoms with Gasteiger partial charge in [0.25, 0.3) is 5.92 Å². The molecule has 1 aromatic carbocycles. The van der Waals surface area contributed by atoms with E-state index in [1.807, 2.05) is 30.3 Å². The number of nitrogens with two attached hydrogens (primary N) is 1. The Labute approximate surface area is 95.9 Å². The number of benzene rings is 1. The van der Waals surface area contributed by atoms with Gasteiger partial charge in [-0.25, -0.2) is 8.78 Å². The van der Waals surface area contributed by atoms with Crippen LogP contribution in [0.5, 0.6) is 0 Å². The minimum Gasteiger partial charge on any atom is -0.320 e. The van der Waals surface area contributed by atoms with Gasteiger partial charge in [-0.3, -0.25) is 0 Å². The summed E-state index contributed by atoms with van der Waals surface area (Å²) in [5, 5.41) is 1.09. The summed E-state index contributed by atoms with van der Waals surface area (Å²) in [6.07, 6.45) is -0.459. The van der Waals surface area contributed by atoms with Crippen molar-refractivity contribution in [1.29, 1.82) is 0 Å². The summed E-state index contributed by atoms with van der Waals surface area (Å²) in [6, 6.07) is 9.80. The van der Waals surface area contributed by atoms with E-state index in [9.17, 15) is 8.78 Å². The van der Waals surface area contributed by atoms with Crippen LogP contribution in [0, 0.1) is 0 Å². The van der Waals surface area contributed by atoms with Crippen LogP contribution in [0.1, 0.15) is 17.7 Å². The Hall–Kier alpha value is -1.00. The second-order valence-electron chi connectivity index (χ2n) is 4.51. The molecule has 1 fully saturated rings. The van der Waals surface area contributed by atoms with E-state index in [0.717, 1.165) is 15.0 Å². The summed E-state index contributed by atoms with van der Waals surface area (Å²) < 4.78 is 26.9. The van der Waals surface area contributed by atoms with Gasteiger partial charge in [0.15, 0.2) is 0 Å². The van der Waals surface area contributed by atoms with E-state index in [0.29, 0.717) is 0 Å². The second-order valence-corrected chi connectivity index (χ2v) is 5.60. The van der Waals surface area contributed by atoms with E-state index < -0.39 is 11.5 Å². The van der Waals surface area contributed by atoms with Gasteiger partial charge in [0.05, 0.1) is 5.54 Å². The molecule has 0 unspecified atom stereocenters. The lowest BCUT2D eigenvalue weighted by molar-refractivity contribution is -0.123. The molecule has 0 aliphatic heterocycles. The molecule has 2 aromatic rings. The Morgan fingerprint density at radius 2 is 1.88 bits per heavy atom. The van der Waals surface area contributed by atoms with Gasteiger partial charge in [0.2, 0.25) is 0 Å². The Morgan fingerprint density at radius 3 is 2.50 bits per heavy atom. The summed E-state index contributed by atoms with van der Waals surface area (Å²) in [7, 11) is 0. The van der Waals surface area contributed by atoms with Gasteiger partial charge in [-0.05, 0) is 17.5 Å². The molecule has 0 spiro atoms. The van der Waals surface area contributed by atoms with Crippen molar-refractivity contribution in [3.63, 3.8) is 0 Å². The zero-order chi connectivity index (χ0) is 11.4. The Kier molecular flexibility index (Phi) is 1.92. The van der Waals surface area contributed by atoms with Crippen molar-refractivity contribution in [2.24, 2.45) is 5.73 Å². The number of rotatable bonds is 1. The van der Waals surface area contributed by atoms with Gasteiger partial charge in [-0.1, -0.05) is 18.2 Å². The Balaban J connectivity index is 2.01. The van der Waals surface area contributed by atoms with E-state index in [-0.39, 0.29) is 12.8 Å². The summed E-state index contributed by atoms with van der Waals surface area (Å²) in [4.78, 5) is 0.875. The lowest BCUT2D eigenvalue weighted by atomic mass is 9.73. The van der Waals surface area contributed by atoms with E-state index in [1.54, 1.807) is 0 Å². The van der Waals surface area contributed by atoms with Crippen molar-refractivity contribution in [1.82, 2.24) is 0 Å². The average Bonchev–Trinajstić information content (AvgIpc) is 2.57. The quantitative estimate of drug-likeness (QED) is 0.810. The van der Waals surface area contributed by atoms with Crippen LogP contribution in [-0.2, 0) is 5.54 Å². The monoisotopic (exact) mass is 239 g/mol. The lowest BCUT2D eigenvalue weighted by Crippen LogP contribution is -2.55. The molecule has 0 atom stereocenters. The van der Waals surface area contributed by atoms with Gasteiger partial charge in [-0.15, -0.1) is 11.3 Å². The van der Waals surface area contributed by atoms with Gasteiger partial charge in [0, 0.05) is 22.4 Å². The van der Waals surface area contributed by atoms with Crippen LogP contribution in [0.2, 0.25) is 0 Å². The Bertz CT molecular complexity index is 506. The highest BCUT2D eigenvalue weighted by atomic mass is 32.1. The fourth-order valence-electron chi connectivity index (χ4n) is 2.27. The van der Waals surface area contributed by atoms with Gasteiger partial charge in [-0.2, -0.15) is 0 Å². The molecule has 0 amide bonds. The van der Waals surface area contributed by atoms with Gasteiger partial charge in [0.1, 0.15) is 0 Å². The van der Waals surface area contributed by atoms with E-state index in [4.69, 9.17) is 5.73 Å².